The molecule has 5 nitrogen and oxygen atoms in total. The molecular formula is C16H24N2O3. The molecule has 2 rings (SSSR count). The van der Waals surface area contributed by atoms with Crippen LogP contribution in [0.2, 0.25) is 0 Å². The summed E-state index contributed by atoms with van der Waals surface area (Å²) in [5.41, 5.74) is 1.77. The van der Waals surface area contributed by atoms with Crippen LogP contribution in [0.4, 0.5) is 0 Å². The monoisotopic (exact) mass is 292 g/mol. The molecule has 1 aromatic heterocycles. The van der Waals surface area contributed by atoms with E-state index in [-0.39, 0.29) is 18.2 Å². The van der Waals surface area contributed by atoms with Crippen molar-refractivity contribution < 1.29 is 9.90 Å². The minimum Gasteiger partial charge on any atom is -0.481 e. The van der Waals surface area contributed by atoms with Crippen LogP contribution in [-0.4, -0.2) is 20.6 Å². The van der Waals surface area contributed by atoms with Gasteiger partial charge in [0.25, 0.3) is 0 Å². The van der Waals surface area contributed by atoms with Gasteiger partial charge in [-0.15, -0.1) is 0 Å². The second-order valence-electron chi connectivity index (χ2n) is 5.98. The number of hydrogen-bond donors (Lipinski definition) is 1. The molecular weight excluding hydrogens is 268 g/mol. The molecule has 0 unspecified atom stereocenters. The van der Waals surface area contributed by atoms with Gasteiger partial charge >= 0.3 is 11.7 Å². The van der Waals surface area contributed by atoms with Crippen LogP contribution in [0.1, 0.15) is 67.9 Å². The van der Waals surface area contributed by atoms with Crippen LogP contribution in [-0.2, 0) is 11.2 Å². The smallest absolute Gasteiger partial charge is 0.348 e. The van der Waals surface area contributed by atoms with Gasteiger partial charge in [-0.05, 0) is 26.7 Å². The third-order valence-electron chi connectivity index (χ3n) is 4.47. The maximum absolute atomic E-state index is 12.3. The molecule has 1 aliphatic rings. The highest BCUT2D eigenvalue weighted by Gasteiger charge is 2.20. The van der Waals surface area contributed by atoms with Crippen molar-refractivity contribution in [3.05, 3.63) is 27.4 Å². The number of aromatic nitrogens is 2. The lowest BCUT2D eigenvalue weighted by atomic mass is 9.96. The minimum absolute atomic E-state index is 0.0718. The summed E-state index contributed by atoms with van der Waals surface area (Å²) in [4.78, 5) is 27.4. The zero-order valence-corrected chi connectivity index (χ0v) is 12.9. The van der Waals surface area contributed by atoms with Crippen molar-refractivity contribution >= 4 is 5.97 Å². The Bertz CT molecular complexity index is 570. The Morgan fingerprint density at radius 3 is 2.33 bits per heavy atom. The number of carboxylic acids is 1. The zero-order chi connectivity index (χ0) is 15.4. The molecule has 116 valence electrons. The van der Waals surface area contributed by atoms with Gasteiger partial charge in [-0.1, -0.05) is 32.1 Å². The topological polar surface area (TPSA) is 72.2 Å². The molecule has 1 heterocycles. The van der Waals surface area contributed by atoms with Crippen LogP contribution in [0, 0.1) is 13.8 Å². The maximum atomic E-state index is 12.3. The van der Waals surface area contributed by atoms with Crippen LogP contribution in [0.15, 0.2) is 4.79 Å². The molecule has 1 fully saturated rings. The molecule has 1 N–H and O–H groups in total. The summed E-state index contributed by atoms with van der Waals surface area (Å²) in [6, 6.07) is 0.165. The quantitative estimate of drug-likeness (QED) is 0.929. The highest BCUT2D eigenvalue weighted by molar-refractivity contribution is 5.70. The lowest BCUT2D eigenvalue weighted by molar-refractivity contribution is -0.136. The van der Waals surface area contributed by atoms with Crippen LogP contribution < -0.4 is 5.69 Å². The summed E-state index contributed by atoms with van der Waals surface area (Å²) in [5, 5.41) is 9.05. The number of nitrogens with zero attached hydrogens (tertiary/aromatic N) is 2. The van der Waals surface area contributed by atoms with Crippen LogP contribution >= 0.6 is 0 Å². The first-order valence-electron chi connectivity index (χ1n) is 7.81. The van der Waals surface area contributed by atoms with Gasteiger partial charge in [0.1, 0.15) is 0 Å². The van der Waals surface area contributed by atoms with E-state index >= 15 is 0 Å². The molecule has 0 saturated heterocycles. The highest BCUT2D eigenvalue weighted by atomic mass is 16.4. The zero-order valence-electron chi connectivity index (χ0n) is 12.9. The number of aryl methyl sites for hydroxylation is 1. The van der Waals surface area contributed by atoms with E-state index in [0.29, 0.717) is 11.3 Å². The summed E-state index contributed by atoms with van der Waals surface area (Å²) in [5.74, 6) is -0.883. The average Bonchev–Trinajstić information content (AvgIpc) is 2.36. The predicted molar refractivity (Wildman–Crippen MR) is 80.7 cm³/mol. The normalized spacial score (nSPS) is 17.2. The molecule has 0 aromatic carbocycles. The van der Waals surface area contributed by atoms with E-state index in [9.17, 15) is 9.59 Å². The summed E-state index contributed by atoms with van der Waals surface area (Å²) < 4.78 is 1.75. The van der Waals surface area contributed by atoms with Gasteiger partial charge in [-0.3, -0.25) is 9.36 Å². The third kappa shape index (κ3) is 3.71. The lowest BCUT2D eigenvalue weighted by Gasteiger charge is -2.25. The van der Waals surface area contributed by atoms with Crippen molar-refractivity contribution in [2.24, 2.45) is 0 Å². The van der Waals surface area contributed by atoms with Gasteiger partial charge in [0.15, 0.2) is 0 Å². The molecule has 0 radical (unpaired) electrons. The van der Waals surface area contributed by atoms with Crippen LogP contribution in [0.25, 0.3) is 0 Å². The predicted octanol–water partition coefficient (Wildman–Crippen LogP) is 2.77. The van der Waals surface area contributed by atoms with Crippen molar-refractivity contribution in [2.75, 3.05) is 0 Å². The standard InChI is InChI=1S/C16H24N2O3/c1-11-14(10-15(19)20)12(2)18(16(21)17-11)13-8-6-4-3-5-7-9-13/h13H,3-10H2,1-2H3,(H,19,20). The fourth-order valence-electron chi connectivity index (χ4n) is 3.35. The molecule has 1 aromatic rings. The second kappa shape index (κ2) is 6.87. The Kier molecular flexibility index (Phi) is 5.15. The number of carbonyl (C=O) groups is 1. The largest absolute Gasteiger partial charge is 0.481 e. The van der Waals surface area contributed by atoms with Crippen molar-refractivity contribution in [1.29, 1.82) is 0 Å². The van der Waals surface area contributed by atoms with Crippen LogP contribution in [0.5, 0.6) is 0 Å². The molecule has 21 heavy (non-hydrogen) atoms. The molecule has 0 amide bonds. The van der Waals surface area contributed by atoms with Gasteiger partial charge in [-0.2, -0.15) is 4.98 Å². The summed E-state index contributed by atoms with van der Waals surface area (Å²) >= 11 is 0. The Balaban J connectivity index is 2.41. The van der Waals surface area contributed by atoms with Crippen molar-refractivity contribution in [3.8, 4) is 0 Å². The number of rotatable bonds is 3. The van der Waals surface area contributed by atoms with E-state index in [1.807, 2.05) is 6.92 Å². The summed E-state index contributed by atoms with van der Waals surface area (Å²) in [6.45, 7) is 3.57. The number of aliphatic carboxylic acids is 1. The second-order valence-corrected chi connectivity index (χ2v) is 5.98. The number of carboxylic acid groups (broad SMARTS) is 1. The van der Waals surface area contributed by atoms with Crippen molar-refractivity contribution in [1.82, 2.24) is 9.55 Å². The van der Waals surface area contributed by atoms with E-state index in [4.69, 9.17) is 5.11 Å². The third-order valence-corrected chi connectivity index (χ3v) is 4.47. The van der Waals surface area contributed by atoms with Gasteiger partial charge in [0.05, 0.1) is 6.42 Å². The fraction of sp³-hybridized carbons (Fsp3) is 0.688. The van der Waals surface area contributed by atoms with E-state index in [1.165, 1.54) is 19.3 Å². The molecule has 0 spiro atoms. The van der Waals surface area contributed by atoms with Gasteiger partial charge in [-0.25, -0.2) is 4.79 Å². The van der Waals surface area contributed by atoms with Crippen molar-refractivity contribution in [2.45, 2.75) is 71.3 Å². The Labute approximate surface area is 125 Å². The van der Waals surface area contributed by atoms with Crippen LogP contribution in [0.3, 0.4) is 0 Å². The molecule has 0 aliphatic heterocycles. The molecule has 1 saturated carbocycles. The van der Waals surface area contributed by atoms with E-state index < -0.39 is 5.97 Å². The fourth-order valence-corrected chi connectivity index (χ4v) is 3.35. The SMILES string of the molecule is Cc1nc(=O)n(C2CCCCCCC2)c(C)c1CC(=O)O. The highest BCUT2D eigenvalue weighted by Crippen LogP contribution is 2.27. The van der Waals surface area contributed by atoms with Gasteiger partial charge in [0.2, 0.25) is 0 Å². The van der Waals surface area contributed by atoms with E-state index in [1.54, 1.807) is 11.5 Å². The van der Waals surface area contributed by atoms with E-state index in [0.717, 1.165) is 31.4 Å². The maximum Gasteiger partial charge on any atom is 0.348 e. The molecule has 0 bridgehead atoms. The van der Waals surface area contributed by atoms with Gasteiger partial charge in [0, 0.05) is 23.0 Å². The average molecular weight is 292 g/mol. The molecule has 0 atom stereocenters. The first-order valence-corrected chi connectivity index (χ1v) is 7.81. The van der Waals surface area contributed by atoms with Gasteiger partial charge < -0.3 is 5.11 Å². The molecule has 5 heteroatoms. The first kappa shape index (κ1) is 15.7. The summed E-state index contributed by atoms with van der Waals surface area (Å²) in [7, 11) is 0. The van der Waals surface area contributed by atoms with E-state index in [2.05, 4.69) is 4.98 Å². The summed E-state index contributed by atoms with van der Waals surface area (Å²) in [6.07, 6.45) is 7.85. The number of hydrogen-bond acceptors (Lipinski definition) is 3. The van der Waals surface area contributed by atoms with Crippen molar-refractivity contribution in [3.63, 3.8) is 0 Å². The Hall–Kier alpha value is -1.65. The molecule has 1 aliphatic carbocycles. The Morgan fingerprint density at radius 1 is 1.19 bits per heavy atom. The first-order chi connectivity index (χ1) is 10.0. The Morgan fingerprint density at radius 2 is 1.76 bits per heavy atom. The minimum atomic E-state index is -0.883. The lowest BCUT2D eigenvalue weighted by Crippen LogP contribution is -2.32.